The number of nitrogens with one attached hydrogen (secondary N) is 2. The Bertz CT molecular complexity index is 808. The maximum atomic E-state index is 12.3. The molecule has 0 heterocycles. The third-order valence-electron chi connectivity index (χ3n) is 4.03. The molecule has 7 heteroatoms. The molecule has 2 N–H and O–H groups in total. The molecule has 0 spiro atoms. The maximum Gasteiger partial charge on any atom is 0.228 e. The van der Waals surface area contributed by atoms with Gasteiger partial charge in [-0.3, -0.25) is 9.59 Å². The molecule has 2 unspecified atom stereocenters. The van der Waals surface area contributed by atoms with Crippen molar-refractivity contribution >= 4 is 46.4 Å². The minimum atomic E-state index is -0.367. The van der Waals surface area contributed by atoms with Gasteiger partial charge in [0.1, 0.15) is 5.75 Å². The fourth-order valence-corrected chi connectivity index (χ4v) is 2.86. The average Bonchev–Trinajstić information content (AvgIpc) is 3.40. The van der Waals surface area contributed by atoms with Gasteiger partial charge in [0.15, 0.2) is 0 Å². The lowest BCUT2D eigenvalue weighted by molar-refractivity contribution is -0.122. The lowest BCUT2D eigenvalue weighted by atomic mass is 10.2. The Morgan fingerprint density at radius 1 is 1.00 bits per heavy atom. The molecular weight excluding hydrogens is 363 g/mol. The number of amides is 2. The first kappa shape index (κ1) is 17.6. The number of hydrogen-bond acceptors (Lipinski definition) is 3. The first-order valence-corrected chi connectivity index (χ1v) is 8.45. The van der Waals surface area contributed by atoms with E-state index in [4.69, 9.17) is 27.9 Å². The molecule has 2 atom stereocenters. The molecule has 25 heavy (non-hydrogen) atoms. The van der Waals surface area contributed by atoms with Crippen molar-refractivity contribution in [1.29, 1.82) is 0 Å². The van der Waals surface area contributed by atoms with Gasteiger partial charge in [-0.25, -0.2) is 0 Å². The van der Waals surface area contributed by atoms with Crippen LogP contribution in [0.5, 0.6) is 5.75 Å². The number of carbonyl (C=O) groups excluding carboxylic acids is 2. The second kappa shape index (κ2) is 7.33. The first-order valence-electron chi connectivity index (χ1n) is 7.69. The van der Waals surface area contributed by atoms with Crippen LogP contribution in [0.4, 0.5) is 11.4 Å². The van der Waals surface area contributed by atoms with E-state index in [0.29, 0.717) is 28.6 Å². The van der Waals surface area contributed by atoms with E-state index >= 15 is 0 Å². The summed E-state index contributed by atoms with van der Waals surface area (Å²) in [4.78, 5) is 24.5. The molecule has 1 saturated carbocycles. The number of anilines is 2. The number of carbonyl (C=O) groups is 2. The van der Waals surface area contributed by atoms with Gasteiger partial charge < -0.3 is 15.4 Å². The normalized spacial score (nSPS) is 18.4. The van der Waals surface area contributed by atoms with Crippen LogP contribution >= 0.6 is 23.2 Å². The van der Waals surface area contributed by atoms with Crippen LogP contribution in [0.15, 0.2) is 42.5 Å². The Hall–Kier alpha value is -2.24. The summed E-state index contributed by atoms with van der Waals surface area (Å²) < 4.78 is 5.07. The predicted octanol–water partition coefficient (Wildman–Crippen LogP) is 4.22. The van der Waals surface area contributed by atoms with E-state index in [2.05, 4.69) is 10.6 Å². The molecule has 0 radical (unpaired) electrons. The highest BCUT2D eigenvalue weighted by Crippen LogP contribution is 2.41. The highest BCUT2D eigenvalue weighted by molar-refractivity contribution is 6.44. The van der Waals surface area contributed by atoms with Gasteiger partial charge in [-0.2, -0.15) is 0 Å². The topological polar surface area (TPSA) is 67.4 Å². The molecule has 0 aliphatic heterocycles. The van der Waals surface area contributed by atoms with Gasteiger partial charge >= 0.3 is 0 Å². The molecule has 1 aliphatic carbocycles. The molecule has 1 aliphatic rings. The van der Waals surface area contributed by atoms with Crippen molar-refractivity contribution in [3.05, 3.63) is 52.5 Å². The van der Waals surface area contributed by atoms with Crippen LogP contribution in [0.2, 0.25) is 10.0 Å². The van der Waals surface area contributed by atoms with Crippen molar-refractivity contribution in [2.75, 3.05) is 17.7 Å². The second-order valence-electron chi connectivity index (χ2n) is 5.76. The Labute approximate surface area is 155 Å². The van der Waals surface area contributed by atoms with Gasteiger partial charge in [0, 0.05) is 5.69 Å². The van der Waals surface area contributed by atoms with Crippen LogP contribution in [-0.4, -0.2) is 18.9 Å². The molecule has 0 bridgehead atoms. The van der Waals surface area contributed by atoms with Gasteiger partial charge in [0.2, 0.25) is 11.8 Å². The standard InChI is InChI=1S/C18H16Cl2N2O3/c1-25-11-7-5-10(6-8-11)21-17(23)12-9-13(12)18(24)22-15-4-2-3-14(19)16(15)20/h2-8,12-13H,9H2,1H3,(H,21,23)(H,22,24). The minimum absolute atomic E-state index is 0.178. The highest BCUT2D eigenvalue weighted by atomic mass is 35.5. The summed E-state index contributed by atoms with van der Waals surface area (Å²) in [5.74, 6) is -0.421. The third kappa shape index (κ3) is 4.06. The predicted molar refractivity (Wildman–Crippen MR) is 98.3 cm³/mol. The van der Waals surface area contributed by atoms with Crippen molar-refractivity contribution in [2.24, 2.45) is 11.8 Å². The zero-order valence-electron chi connectivity index (χ0n) is 13.4. The highest BCUT2D eigenvalue weighted by Gasteiger charge is 2.48. The summed E-state index contributed by atoms with van der Waals surface area (Å²) in [6, 6.07) is 12.0. The Morgan fingerprint density at radius 2 is 1.64 bits per heavy atom. The van der Waals surface area contributed by atoms with E-state index < -0.39 is 0 Å². The minimum Gasteiger partial charge on any atom is -0.497 e. The fraction of sp³-hybridized carbons (Fsp3) is 0.222. The molecule has 130 valence electrons. The number of methoxy groups -OCH3 is 1. The van der Waals surface area contributed by atoms with E-state index in [0.717, 1.165) is 0 Å². The number of ether oxygens (including phenoxy) is 1. The Morgan fingerprint density at radius 3 is 2.28 bits per heavy atom. The largest absolute Gasteiger partial charge is 0.497 e. The number of halogens is 2. The zero-order valence-corrected chi connectivity index (χ0v) is 14.9. The molecule has 0 saturated heterocycles. The zero-order chi connectivity index (χ0) is 18.0. The summed E-state index contributed by atoms with van der Waals surface area (Å²) in [6.45, 7) is 0. The van der Waals surface area contributed by atoms with Crippen LogP contribution in [0.1, 0.15) is 6.42 Å². The lowest BCUT2D eigenvalue weighted by Gasteiger charge is -2.08. The van der Waals surface area contributed by atoms with E-state index in [1.165, 1.54) is 0 Å². The average molecular weight is 379 g/mol. The van der Waals surface area contributed by atoms with Gasteiger partial charge in [-0.05, 0) is 42.8 Å². The maximum absolute atomic E-state index is 12.3. The summed E-state index contributed by atoms with van der Waals surface area (Å²) in [5, 5.41) is 6.18. The van der Waals surface area contributed by atoms with E-state index in [-0.39, 0.29) is 28.7 Å². The van der Waals surface area contributed by atoms with Gasteiger partial charge in [0.05, 0.1) is 34.7 Å². The molecule has 2 aromatic rings. The van der Waals surface area contributed by atoms with Crippen molar-refractivity contribution in [2.45, 2.75) is 6.42 Å². The molecule has 2 aromatic carbocycles. The Kier molecular flexibility index (Phi) is 5.16. The van der Waals surface area contributed by atoms with Crippen molar-refractivity contribution in [1.82, 2.24) is 0 Å². The van der Waals surface area contributed by atoms with E-state index in [1.54, 1.807) is 49.6 Å². The smallest absolute Gasteiger partial charge is 0.228 e. The van der Waals surface area contributed by atoms with Crippen LogP contribution in [0.3, 0.4) is 0 Å². The molecule has 1 fully saturated rings. The molecule has 0 aromatic heterocycles. The van der Waals surface area contributed by atoms with Crippen LogP contribution in [-0.2, 0) is 9.59 Å². The molecule has 3 rings (SSSR count). The van der Waals surface area contributed by atoms with E-state index in [1.807, 2.05) is 0 Å². The lowest BCUT2D eigenvalue weighted by Crippen LogP contribution is -2.20. The monoisotopic (exact) mass is 378 g/mol. The summed E-state index contributed by atoms with van der Waals surface area (Å²) in [6.07, 6.45) is 0.506. The number of benzene rings is 2. The molecule has 5 nitrogen and oxygen atoms in total. The van der Waals surface area contributed by atoms with Crippen molar-refractivity contribution in [3.8, 4) is 5.75 Å². The summed E-state index contributed by atoms with van der Waals surface area (Å²) in [5.41, 5.74) is 1.11. The van der Waals surface area contributed by atoms with Crippen LogP contribution in [0.25, 0.3) is 0 Å². The SMILES string of the molecule is COc1ccc(NC(=O)C2CC2C(=O)Nc2cccc(Cl)c2Cl)cc1. The summed E-state index contributed by atoms with van der Waals surface area (Å²) >= 11 is 12.0. The first-order chi connectivity index (χ1) is 12.0. The summed E-state index contributed by atoms with van der Waals surface area (Å²) in [7, 11) is 1.58. The molecular formula is C18H16Cl2N2O3. The molecule has 2 amide bonds. The van der Waals surface area contributed by atoms with Gasteiger partial charge in [0.25, 0.3) is 0 Å². The number of hydrogen-bond donors (Lipinski definition) is 2. The van der Waals surface area contributed by atoms with Gasteiger partial charge in [-0.1, -0.05) is 29.3 Å². The fourth-order valence-electron chi connectivity index (χ4n) is 2.51. The van der Waals surface area contributed by atoms with Crippen LogP contribution < -0.4 is 15.4 Å². The van der Waals surface area contributed by atoms with Crippen molar-refractivity contribution < 1.29 is 14.3 Å². The number of rotatable bonds is 5. The quantitative estimate of drug-likeness (QED) is 0.818. The Balaban J connectivity index is 1.56. The van der Waals surface area contributed by atoms with Crippen LogP contribution in [0, 0.1) is 11.8 Å². The van der Waals surface area contributed by atoms with E-state index in [9.17, 15) is 9.59 Å². The third-order valence-corrected chi connectivity index (χ3v) is 4.85. The van der Waals surface area contributed by atoms with Crippen molar-refractivity contribution in [3.63, 3.8) is 0 Å². The second-order valence-corrected chi connectivity index (χ2v) is 6.54. The van der Waals surface area contributed by atoms with Gasteiger partial charge in [-0.15, -0.1) is 0 Å².